The number of nitrogens with zero attached hydrogens (tertiary/aromatic N) is 3. The summed E-state index contributed by atoms with van der Waals surface area (Å²) in [6, 6.07) is 13.4. The summed E-state index contributed by atoms with van der Waals surface area (Å²) in [5, 5.41) is 3.38. The summed E-state index contributed by atoms with van der Waals surface area (Å²) < 4.78 is 0.604. The number of imidazole rings is 1. The number of hydrogen-bond acceptors (Lipinski definition) is 4. The first kappa shape index (κ1) is 18.6. The first-order chi connectivity index (χ1) is 13.6. The first-order valence-corrected chi connectivity index (χ1v) is 9.77. The summed E-state index contributed by atoms with van der Waals surface area (Å²) in [5.41, 5.74) is 3.50. The lowest BCUT2D eigenvalue weighted by Gasteiger charge is -2.08. The van der Waals surface area contributed by atoms with Gasteiger partial charge in [0.1, 0.15) is 11.0 Å². The number of H-pyrrole nitrogens is 1. The predicted octanol–water partition coefficient (Wildman–Crippen LogP) is 4.41. The zero-order valence-corrected chi connectivity index (χ0v) is 17.0. The fourth-order valence-electron chi connectivity index (χ4n) is 2.90. The predicted molar refractivity (Wildman–Crippen MR) is 112 cm³/mol. The standard InChI is InChI=1S/C20H15BrClN5O/c21-14-11-25-19-17(26-18(27-19)13-4-2-1-3-5-13)16(14)20(28)24-9-7-12-6-8-23-15(22)10-12/h1-6,8,10-11H,7,9H2,(H,24,28)(H,25,26,27). The molecule has 140 valence electrons. The van der Waals surface area contributed by atoms with Crippen molar-refractivity contribution in [2.75, 3.05) is 6.54 Å². The van der Waals surface area contributed by atoms with Crippen LogP contribution in [0.25, 0.3) is 22.6 Å². The molecular formula is C20H15BrClN5O. The number of benzene rings is 1. The summed E-state index contributed by atoms with van der Waals surface area (Å²) in [4.78, 5) is 28.8. The van der Waals surface area contributed by atoms with Crippen LogP contribution >= 0.6 is 27.5 Å². The molecule has 3 aromatic heterocycles. The monoisotopic (exact) mass is 455 g/mol. The van der Waals surface area contributed by atoms with Crippen molar-refractivity contribution in [1.82, 2.24) is 25.3 Å². The number of fused-ring (bicyclic) bond motifs is 1. The van der Waals surface area contributed by atoms with Crippen molar-refractivity contribution in [3.8, 4) is 11.4 Å². The van der Waals surface area contributed by atoms with Crippen LogP contribution in [0.15, 0.2) is 59.3 Å². The molecule has 0 spiro atoms. The van der Waals surface area contributed by atoms with E-state index < -0.39 is 0 Å². The van der Waals surface area contributed by atoms with Crippen molar-refractivity contribution in [3.05, 3.63) is 75.6 Å². The maximum Gasteiger partial charge on any atom is 0.254 e. The summed E-state index contributed by atoms with van der Waals surface area (Å²) in [6.45, 7) is 0.467. The van der Waals surface area contributed by atoms with E-state index in [0.717, 1.165) is 11.1 Å². The summed E-state index contributed by atoms with van der Waals surface area (Å²) in [7, 11) is 0. The number of nitrogens with one attached hydrogen (secondary N) is 2. The van der Waals surface area contributed by atoms with Crippen LogP contribution < -0.4 is 5.32 Å². The molecule has 0 bridgehead atoms. The Morgan fingerprint density at radius 2 is 2.00 bits per heavy atom. The topological polar surface area (TPSA) is 83.6 Å². The van der Waals surface area contributed by atoms with Crippen LogP contribution in [0, 0.1) is 0 Å². The van der Waals surface area contributed by atoms with E-state index in [4.69, 9.17) is 11.6 Å². The fourth-order valence-corrected chi connectivity index (χ4v) is 3.57. The largest absolute Gasteiger partial charge is 0.352 e. The number of hydrogen-bond donors (Lipinski definition) is 2. The average molecular weight is 457 g/mol. The molecule has 0 aliphatic rings. The fraction of sp³-hybridized carbons (Fsp3) is 0.100. The molecule has 0 atom stereocenters. The van der Waals surface area contributed by atoms with Crippen LogP contribution in [-0.2, 0) is 6.42 Å². The van der Waals surface area contributed by atoms with Crippen LogP contribution in [0.5, 0.6) is 0 Å². The Morgan fingerprint density at radius 1 is 1.18 bits per heavy atom. The Kier molecular flexibility index (Phi) is 5.36. The van der Waals surface area contributed by atoms with Crippen LogP contribution in [-0.4, -0.2) is 32.4 Å². The van der Waals surface area contributed by atoms with Gasteiger partial charge in [0.2, 0.25) is 0 Å². The molecule has 0 aliphatic heterocycles. The van der Waals surface area contributed by atoms with E-state index in [1.54, 1.807) is 18.5 Å². The smallest absolute Gasteiger partial charge is 0.254 e. The van der Waals surface area contributed by atoms with Crippen LogP contribution in [0.2, 0.25) is 5.15 Å². The molecular weight excluding hydrogens is 442 g/mol. The van der Waals surface area contributed by atoms with Gasteiger partial charge in [0, 0.05) is 24.5 Å². The second-order valence-corrected chi connectivity index (χ2v) is 7.37. The highest BCUT2D eigenvalue weighted by molar-refractivity contribution is 9.10. The summed E-state index contributed by atoms with van der Waals surface area (Å²) in [6.07, 6.45) is 3.89. The Balaban J connectivity index is 1.57. The van der Waals surface area contributed by atoms with Gasteiger partial charge >= 0.3 is 0 Å². The van der Waals surface area contributed by atoms with Gasteiger partial charge in [-0.2, -0.15) is 0 Å². The van der Waals surface area contributed by atoms with Gasteiger partial charge in [0.15, 0.2) is 5.65 Å². The third-order valence-corrected chi connectivity index (χ3v) is 5.05. The molecule has 2 N–H and O–H groups in total. The highest BCUT2D eigenvalue weighted by Crippen LogP contribution is 2.26. The van der Waals surface area contributed by atoms with Crippen molar-refractivity contribution in [2.24, 2.45) is 0 Å². The summed E-state index contributed by atoms with van der Waals surface area (Å²) in [5.74, 6) is 0.462. The van der Waals surface area contributed by atoms with E-state index >= 15 is 0 Å². The van der Waals surface area contributed by atoms with Gasteiger partial charge in [0.25, 0.3) is 5.91 Å². The van der Waals surface area contributed by atoms with E-state index in [1.807, 2.05) is 36.4 Å². The average Bonchev–Trinajstić information content (AvgIpc) is 3.13. The highest BCUT2D eigenvalue weighted by atomic mass is 79.9. The zero-order valence-electron chi connectivity index (χ0n) is 14.6. The molecule has 28 heavy (non-hydrogen) atoms. The number of amides is 1. The molecule has 1 amide bonds. The molecule has 0 saturated carbocycles. The minimum Gasteiger partial charge on any atom is -0.352 e. The molecule has 0 fully saturated rings. The van der Waals surface area contributed by atoms with Gasteiger partial charge in [-0.15, -0.1) is 0 Å². The Bertz CT molecular complexity index is 1150. The third kappa shape index (κ3) is 3.90. The van der Waals surface area contributed by atoms with E-state index in [1.165, 1.54) is 0 Å². The lowest BCUT2D eigenvalue weighted by molar-refractivity contribution is 0.0955. The molecule has 0 aliphatic carbocycles. The van der Waals surface area contributed by atoms with Crippen molar-refractivity contribution in [1.29, 1.82) is 0 Å². The van der Waals surface area contributed by atoms with Gasteiger partial charge in [-0.1, -0.05) is 41.9 Å². The van der Waals surface area contributed by atoms with Crippen molar-refractivity contribution < 1.29 is 4.79 Å². The molecule has 6 nitrogen and oxygen atoms in total. The molecule has 0 saturated heterocycles. The minimum atomic E-state index is -0.206. The quantitative estimate of drug-likeness (QED) is 0.436. The molecule has 4 rings (SSSR count). The normalized spacial score (nSPS) is 10.9. The number of aromatic nitrogens is 4. The zero-order chi connectivity index (χ0) is 19.5. The second kappa shape index (κ2) is 8.08. The van der Waals surface area contributed by atoms with Gasteiger partial charge in [-0.3, -0.25) is 4.79 Å². The number of carbonyl (C=O) groups excluding carboxylic acids is 1. The Hall–Kier alpha value is -2.77. The number of pyridine rings is 2. The molecule has 1 aromatic carbocycles. The highest BCUT2D eigenvalue weighted by Gasteiger charge is 2.18. The number of carbonyl (C=O) groups is 1. The van der Waals surface area contributed by atoms with Crippen molar-refractivity contribution in [3.63, 3.8) is 0 Å². The van der Waals surface area contributed by atoms with Gasteiger partial charge in [0.05, 0.1) is 15.6 Å². The lowest BCUT2D eigenvalue weighted by Crippen LogP contribution is -2.26. The Labute approximate surface area is 174 Å². The van der Waals surface area contributed by atoms with Gasteiger partial charge in [-0.25, -0.2) is 15.0 Å². The molecule has 8 heteroatoms. The number of rotatable bonds is 5. The summed E-state index contributed by atoms with van der Waals surface area (Å²) >= 11 is 9.33. The van der Waals surface area contributed by atoms with Crippen LogP contribution in [0.4, 0.5) is 0 Å². The minimum absolute atomic E-state index is 0.206. The molecule has 0 unspecified atom stereocenters. The number of aromatic amines is 1. The molecule has 4 aromatic rings. The van der Waals surface area contributed by atoms with E-state index in [-0.39, 0.29) is 5.91 Å². The molecule has 0 radical (unpaired) electrons. The van der Waals surface area contributed by atoms with Crippen molar-refractivity contribution in [2.45, 2.75) is 6.42 Å². The van der Waals surface area contributed by atoms with Gasteiger partial charge < -0.3 is 10.3 Å². The van der Waals surface area contributed by atoms with Crippen LogP contribution in [0.3, 0.4) is 0 Å². The van der Waals surface area contributed by atoms with E-state index in [0.29, 0.717) is 45.1 Å². The molecule has 3 heterocycles. The maximum absolute atomic E-state index is 12.8. The number of halogens is 2. The maximum atomic E-state index is 12.8. The first-order valence-electron chi connectivity index (χ1n) is 8.60. The lowest BCUT2D eigenvalue weighted by atomic mass is 10.2. The third-order valence-electron chi connectivity index (χ3n) is 4.24. The van der Waals surface area contributed by atoms with Gasteiger partial charge in [-0.05, 0) is 40.0 Å². The Morgan fingerprint density at radius 3 is 2.79 bits per heavy atom. The van der Waals surface area contributed by atoms with E-state index in [9.17, 15) is 4.79 Å². The van der Waals surface area contributed by atoms with Crippen molar-refractivity contribution >= 4 is 44.6 Å². The van der Waals surface area contributed by atoms with Crippen LogP contribution in [0.1, 0.15) is 15.9 Å². The van der Waals surface area contributed by atoms with E-state index in [2.05, 4.69) is 41.2 Å². The second-order valence-electron chi connectivity index (χ2n) is 6.12. The SMILES string of the molecule is O=C(NCCc1ccnc(Cl)c1)c1c(Br)cnc2nc(-c3ccccc3)[nH]c12.